The highest BCUT2D eigenvalue weighted by Crippen LogP contribution is 2.26. The first-order valence-corrected chi connectivity index (χ1v) is 13.4. The molecule has 1 N–H and O–H groups in total. The zero-order valence-corrected chi connectivity index (χ0v) is 21.2. The molecule has 2 unspecified atom stereocenters. The van der Waals surface area contributed by atoms with Gasteiger partial charge in [0, 0.05) is 45.8 Å². The Morgan fingerprint density at radius 1 is 0.971 bits per heavy atom. The third-order valence-corrected chi connectivity index (χ3v) is 7.99. The van der Waals surface area contributed by atoms with Crippen LogP contribution in [0.5, 0.6) is 0 Å². The van der Waals surface area contributed by atoms with Gasteiger partial charge in [0.05, 0.1) is 12.5 Å². The lowest BCUT2D eigenvalue weighted by Gasteiger charge is -2.38. The maximum absolute atomic E-state index is 12.6. The summed E-state index contributed by atoms with van der Waals surface area (Å²) in [5.41, 5.74) is 1.40. The number of carbonyl (C=O) groups excluding carboxylic acids is 1. The number of aliphatic carboxylic acids is 1. The molecule has 194 valence electrons. The number of piperazine rings is 1. The summed E-state index contributed by atoms with van der Waals surface area (Å²) in [5.74, 6) is 0.0464. The maximum Gasteiger partial charge on any atom is 0.411 e. The van der Waals surface area contributed by atoms with Crippen molar-refractivity contribution in [1.29, 1.82) is 0 Å². The quantitative estimate of drug-likeness (QED) is 0.481. The third-order valence-electron chi connectivity index (χ3n) is 7.99. The Morgan fingerprint density at radius 3 is 2.37 bits per heavy atom. The number of hydrogen-bond donors (Lipinski definition) is 1. The van der Waals surface area contributed by atoms with Crippen molar-refractivity contribution in [3.8, 4) is 0 Å². The molecule has 1 aromatic rings. The second kappa shape index (κ2) is 12.7. The van der Waals surface area contributed by atoms with Gasteiger partial charge < -0.3 is 19.6 Å². The molecule has 0 radical (unpaired) electrons. The molecule has 3 saturated heterocycles. The Hall–Kier alpha value is -2.16. The summed E-state index contributed by atoms with van der Waals surface area (Å²) in [5, 5.41) is 8.88. The molecule has 1 amide bonds. The van der Waals surface area contributed by atoms with E-state index < -0.39 is 5.97 Å². The highest BCUT2D eigenvalue weighted by atomic mass is 16.6. The molecule has 3 aliphatic heterocycles. The first kappa shape index (κ1) is 25.9. The summed E-state index contributed by atoms with van der Waals surface area (Å²) in [6.45, 7) is 10.1. The SMILES string of the molecule is CC1C(N2CCN(CCC(=O)O)CC2)OC(=O)N1CCCCC1CCN(Cc2ccccc2)CC1. The summed E-state index contributed by atoms with van der Waals surface area (Å²) in [7, 11) is 0. The van der Waals surface area contributed by atoms with E-state index in [1.54, 1.807) is 0 Å². The molecule has 3 heterocycles. The van der Waals surface area contributed by atoms with Crippen LogP contribution in [-0.2, 0) is 16.1 Å². The average molecular weight is 487 g/mol. The van der Waals surface area contributed by atoms with E-state index in [0.29, 0.717) is 6.54 Å². The number of likely N-dealkylation sites (tertiary alicyclic amines) is 1. The predicted octanol–water partition coefficient (Wildman–Crippen LogP) is 3.33. The highest BCUT2D eigenvalue weighted by molar-refractivity contribution is 5.70. The number of carbonyl (C=O) groups is 2. The van der Waals surface area contributed by atoms with Crippen LogP contribution < -0.4 is 0 Å². The number of piperidine rings is 1. The average Bonchev–Trinajstić information content (AvgIpc) is 3.15. The normalized spacial score (nSPS) is 25.2. The van der Waals surface area contributed by atoms with Crippen LogP contribution in [0.25, 0.3) is 0 Å². The fourth-order valence-corrected chi connectivity index (χ4v) is 5.75. The zero-order valence-electron chi connectivity index (χ0n) is 21.2. The molecule has 0 aliphatic carbocycles. The number of ether oxygens (including phenoxy) is 1. The smallest absolute Gasteiger partial charge is 0.411 e. The van der Waals surface area contributed by atoms with Crippen molar-refractivity contribution in [2.45, 2.75) is 64.3 Å². The van der Waals surface area contributed by atoms with Crippen molar-refractivity contribution >= 4 is 12.1 Å². The Kier molecular flexibility index (Phi) is 9.40. The summed E-state index contributed by atoms with van der Waals surface area (Å²) < 4.78 is 5.76. The van der Waals surface area contributed by atoms with Crippen molar-refractivity contribution < 1.29 is 19.4 Å². The second-order valence-electron chi connectivity index (χ2n) is 10.4. The predicted molar refractivity (Wildman–Crippen MR) is 135 cm³/mol. The lowest BCUT2D eigenvalue weighted by Crippen LogP contribution is -2.53. The monoisotopic (exact) mass is 486 g/mol. The Balaban J connectivity index is 1.11. The fourth-order valence-electron chi connectivity index (χ4n) is 5.75. The summed E-state index contributed by atoms with van der Waals surface area (Å²) >= 11 is 0. The van der Waals surface area contributed by atoms with Gasteiger partial charge in [-0.2, -0.15) is 0 Å². The van der Waals surface area contributed by atoms with Gasteiger partial charge in [-0.05, 0) is 50.8 Å². The Bertz CT molecular complexity index is 807. The molecular formula is C27H42N4O4. The molecule has 0 saturated carbocycles. The molecule has 8 heteroatoms. The van der Waals surface area contributed by atoms with E-state index >= 15 is 0 Å². The maximum atomic E-state index is 12.6. The van der Waals surface area contributed by atoms with Crippen molar-refractivity contribution in [3.63, 3.8) is 0 Å². The van der Waals surface area contributed by atoms with E-state index in [9.17, 15) is 9.59 Å². The Morgan fingerprint density at radius 2 is 1.69 bits per heavy atom. The van der Waals surface area contributed by atoms with Gasteiger partial charge in [0.2, 0.25) is 0 Å². The lowest BCUT2D eigenvalue weighted by atomic mass is 9.91. The van der Waals surface area contributed by atoms with Crippen LogP contribution in [0, 0.1) is 5.92 Å². The first-order chi connectivity index (χ1) is 17.0. The van der Waals surface area contributed by atoms with E-state index in [0.717, 1.165) is 58.0 Å². The topological polar surface area (TPSA) is 76.6 Å². The van der Waals surface area contributed by atoms with Crippen LogP contribution in [-0.4, -0.2) is 101 Å². The van der Waals surface area contributed by atoms with Crippen LogP contribution in [0.1, 0.15) is 51.0 Å². The molecule has 1 aromatic carbocycles. The summed E-state index contributed by atoms with van der Waals surface area (Å²) in [6, 6.07) is 10.8. The van der Waals surface area contributed by atoms with Gasteiger partial charge in [-0.1, -0.05) is 43.2 Å². The zero-order chi connectivity index (χ0) is 24.6. The van der Waals surface area contributed by atoms with E-state index in [4.69, 9.17) is 9.84 Å². The molecule has 4 rings (SSSR count). The number of cyclic esters (lactones) is 1. The number of carboxylic acid groups (broad SMARTS) is 1. The fraction of sp³-hybridized carbons (Fsp3) is 0.704. The molecule has 0 aromatic heterocycles. The molecule has 3 fully saturated rings. The number of nitrogens with zero attached hydrogens (tertiary/aromatic N) is 4. The second-order valence-corrected chi connectivity index (χ2v) is 10.4. The van der Waals surface area contributed by atoms with Crippen molar-refractivity contribution in [3.05, 3.63) is 35.9 Å². The highest BCUT2D eigenvalue weighted by Gasteiger charge is 2.42. The summed E-state index contributed by atoms with van der Waals surface area (Å²) in [4.78, 5) is 32.3. The van der Waals surface area contributed by atoms with E-state index in [1.807, 2.05) is 4.90 Å². The molecule has 35 heavy (non-hydrogen) atoms. The summed E-state index contributed by atoms with van der Waals surface area (Å²) in [6.07, 6.45) is 5.77. The van der Waals surface area contributed by atoms with Gasteiger partial charge in [0.15, 0.2) is 6.23 Å². The van der Waals surface area contributed by atoms with Crippen molar-refractivity contribution in [2.75, 3.05) is 52.4 Å². The number of hydrogen-bond acceptors (Lipinski definition) is 6. The van der Waals surface area contributed by atoms with Gasteiger partial charge in [0.1, 0.15) is 0 Å². The number of benzene rings is 1. The molecule has 0 spiro atoms. The van der Waals surface area contributed by atoms with Gasteiger partial charge >= 0.3 is 12.1 Å². The standard InChI is InChI=1S/C27H42N4O4/c1-22-26(30-19-17-28(18-20-30)16-12-25(32)33)35-27(34)31(22)13-6-5-7-23-10-14-29(15-11-23)21-24-8-3-2-4-9-24/h2-4,8-9,22-23,26H,5-7,10-21H2,1H3,(H,32,33). The van der Waals surface area contributed by atoms with Gasteiger partial charge in [-0.25, -0.2) is 4.79 Å². The number of rotatable bonds is 11. The van der Waals surface area contributed by atoms with Gasteiger partial charge in [0.25, 0.3) is 0 Å². The van der Waals surface area contributed by atoms with Crippen LogP contribution >= 0.6 is 0 Å². The van der Waals surface area contributed by atoms with Crippen molar-refractivity contribution in [2.24, 2.45) is 5.92 Å². The van der Waals surface area contributed by atoms with Gasteiger partial charge in [-0.15, -0.1) is 0 Å². The number of unbranched alkanes of at least 4 members (excludes halogenated alkanes) is 1. The molecule has 0 bridgehead atoms. The molecular weight excluding hydrogens is 444 g/mol. The van der Waals surface area contributed by atoms with Gasteiger partial charge in [-0.3, -0.25) is 14.6 Å². The minimum atomic E-state index is -0.755. The minimum absolute atomic E-state index is 0.0503. The number of carboxylic acids is 1. The minimum Gasteiger partial charge on any atom is -0.481 e. The third kappa shape index (κ3) is 7.41. The van der Waals surface area contributed by atoms with Crippen LogP contribution in [0.3, 0.4) is 0 Å². The van der Waals surface area contributed by atoms with Crippen LogP contribution in [0.4, 0.5) is 4.79 Å². The van der Waals surface area contributed by atoms with Crippen molar-refractivity contribution in [1.82, 2.24) is 19.6 Å². The molecule has 8 nitrogen and oxygen atoms in total. The van der Waals surface area contributed by atoms with Crippen LogP contribution in [0.15, 0.2) is 30.3 Å². The lowest BCUT2D eigenvalue weighted by molar-refractivity contribution is -0.137. The largest absolute Gasteiger partial charge is 0.481 e. The molecule has 2 atom stereocenters. The van der Waals surface area contributed by atoms with E-state index in [1.165, 1.54) is 37.9 Å². The Labute approximate surface area is 209 Å². The number of amides is 1. The first-order valence-electron chi connectivity index (χ1n) is 13.4. The molecule has 3 aliphatic rings. The van der Waals surface area contributed by atoms with Crippen LogP contribution in [0.2, 0.25) is 0 Å². The van der Waals surface area contributed by atoms with E-state index in [2.05, 4.69) is 52.0 Å². The van der Waals surface area contributed by atoms with E-state index in [-0.39, 0.29) is 24.8 Å².